The van der Waals surface area contributed by atoms with Crippen molar-refractivity contribution in [3.05, 3.63) is 29.3 Å². The minimum atomic E-state index is 0.333. The van der Waals surface area contributed by atoms with E-state index in [1.807, 2.05) is 0 Å². The lowest BCUT2D eigenvalue weighted by Gasteiger charge is -2.11. The fourth-order valence-electron chi connectivity index (χ4n) is 1.54. The predicted octanol–water partition coefficient (Wildman–Crippen LogP) is 2.34. The van der Waals surface area contributed by atoms with Gasteiger partial charge in [0.2, 0.25) is 0 Å². The number of para-hydroxylation sites is 1. The molecule has 2 heteroatoms. The summed E-state index contributed by atoms with van der Waals surface area (Å²) >= 11 is 0. The molecule has 0 N–H and O–H groups in total. The maximum atomic E-state index is 5.76. The van der Waals surface area contributed by atoms with Crippen LogP contribution in [0.3, 0.4) is 0 Å². The Kier molecular flexibility index (Phi) is 2.73. The van der Waals surface area contributed by atoms with Crippen molar-refractivity contribution in [3.8, 4) is 5.75 Å². The Bertz CT molecular complexity index is 316. The molecule has 1 aromatic carbocycles. The van der Waals surface area contributed by atoms with Gasteiger partial charge in [0.25, 0.3) is 0 Å². The minimum Gasteiger partial charge on any atom is -0.490 e. The molecule has 0 radical (unpaired) electrons. The Hall–Kier alpha value is -1.02. The molecule has 0 spiro atoms. The summed E-state index contributed by atoms with van der Waals surface area (Å²) < 4.78 is 10.9. The lowest BCUT2D eigenvalue weighted by molar-refractivity contribution is 0.260. The van der Waals surface area contributed by atoms with Crippen molar-refractivity contribution in [2.24, 2.45) is 0 Å². The molecule has 1 fully saturated rings. The first-order chi connectivity index (χ1) is 6.81. The SMILES string of the molecule is CCc1cccc(C)c1OC[C@@H]1CO1. The minimum absolute atomic E-state index is 0.333. The number of hydrogen-bond acceptors (Lipinski definition) is 2. The van der Waals surface area contributed by atoms with E-state index in [1.165, 1.54) is 11.1 Å². The molecule has 2 nitrogen and oxygen atoms in total. The highest BCUT2D eigenvalue weighted by Gasteiger charge is 2.23. The van der Waals surface area contributed by atoms with Gasteiger partial charge >= 0.3 is 0 Å². The van der Waals surface area contributed by atoms with Crippen LogP contribution in [0.4, 0.5) is 0 Å². The van der Waals surface area contributed by atoms with Crippen molar-refractivity contribution in [2.45, 2.75) is 26.4 Å². The van der Waals surface area contributed by atoms with Crippen molar-refractivity contribution in [1.29, 1.82) is 0 Å². The average molecular weight is 192 g/mol. The van der Waals surface area contributed by atoms with Gasteiger partial charge < -0.3 is 9.47 Å². The molecule has 1 saturated heterocycles. The Labute approximate surface area is 84.8 Å². The highest BCUT2D eigenvalue weighted by Crippen LogP contribution is 2.25. The van der Waals surface area contributed by atoms with E-state index in [2.05, 4.69) is 32.0 Å². The molecule has 1 atom stereocenters. The first-order valence-electron chi connectivity index (χ1n) is 5.14. The summed E-state index contributed by atoms with van der Waals surface area (Å²) in [6, 6.07) is 6.28. The zero-order valence-electron chi connectivity index (χ0n) is 8.75. The molecule has 76 valence electrons. The van der Waals surface area contributed by atoms with Gasteiger partial charge in [-0.2, -0.15) is 0 Å². The van der Waals surface area contributed by atoms with Crippen molar-refractivity contribution in [2.75, 3.05) is 13.2 Å². The first kappa shape index (κ1) is 9.53. The van der Waals surface area contributed by atoms with Crippen LogP contribution in [-0.4, -0.2) is 19.3 Å². The number of rotatable bonds is 4. The predicted molar refractivity (Wildman–Crippen MR) is 55.8 cm³/mol. The summed E-state index contributed by atoms with van der Waals surface area (Å²) in [7, 11) is 0. The molecule has 14 heavy (non-hydrogen) atoms. The highest BCUT2D eigenvalue weighted by atomic mass is 16.6. The van der Waals surface area contributed by atoms with E-state index >= 15 is 0 Å². The van der Waals surface area contributed by atoms with Crippen LogP contribution in [0.2, 0.25) is 0 Å². The van der Waals surface area contributed by atoms with Crippen LogP contribution >= 0.6 is 0 Å². The zero-order chi connectivity index (χ0) is 9.97. The summed E-state index contributed by atoms with van der Waals surface area (Å²) in [5, 5.41) is 0. The second-order valence-electron chi connectivity index (χ2n) is 3.68. The van der Waals surface area contributed by atoms with Crippen LogP contribution in [0, 0.1) is 6.92 Å². The Morgan fingerprint density at radius 1 is 1.50 bits per heavy atom. The van der Waals surface area contributed by atoms with Crippen molar-refractivity contribution in [3.63, 3.8) is 0 Å². The lowest BCUT2D eigenvalue weighted by atomic mass is 10.1. The smallest absolute Gasteiger partial charge is 0.125 e. The van der Waals surface area contributed by atoms with Crippen LogP contribution < -0.4 is 4.74 Å². The monoisotopic (exact) mass is 192 g/mol. The van der Waals surface area contributed by atoms with E-state index < -0.39 is 0 Å². The fourth-order valence-corrected chi connectivity index (χ4v) is 1.54. The van der Waals surface area contributed by atoms with Crippen molar-refractivity contribution in [1.82, 2.24) is 0 Å². The Morgan fingerprint density at radius 2 is 2.29 bits per heavy atom. The molecular formula is C12H16O2. The van der Waals surface area contributed by atoms with E-state index in [4.69, 9.17) is 9.47 Å². The molecule has 1 heterocycles. The lowest BCUT2D eigenvalue weighted by Crippen LogP contribution is -2.06. The molecule has 1 aliphatic rings. The first-order valence-corrected chi connectivity index (χ1v) is 5.14. The van der Waals surface area contributed by atoms with Crippen LogP contribution in [0.15, 0.2) is 18.2 Å². The number of ether oxygens (including phenoxy) is 2. The van der Waals surface area contributed by atoms with Crippen LogP contribution in [0.1, 0.15) is 18.1 Å². The van der Waals surface area contributed by atoms with Crippen molar-refractivity contribution >= 4 is 0 Å². The molecule has 1 aromatic rings. The highest BCUT2D eigenvalue weighted by molar-refractivity contribution is 5.40. The van der Waals surface area contributed by atoms with E-state index in [0.29, 0.717) is 12.7 Å². The molecule has 1 aliphatic heterocycles. The van der Waals surface area contributed by atoms with E-state index in [9.17, 15) is 0 Å². The number of hydrogen-bond donors (Lipinski definition) is 0. The molecule has 0 bridgehead atoms. The third kappa shape index (κ3) is 2.07. The van der Waals surface area contributed by atoms with Gasteiger partial charge in [0.15, 0.2) is 0 Å². The number of benzene rings is 1. The van der Waals surface area contributed by atoms with Gasteiger partial charge in [-0.1, -0.05) is 25.1 Å². The molecular weight excluding hydrogens is 176 g/mol. The largest absolute Gasteiger partial charge is 0.490 e. The standard InChI is InChI=1S/C12H16O2/c1-3-10-6-4-5-9(2)12(10)14-8-11-7-13-11/h4-6,11H,3,7-8H2,1-2H3/t11-/m0/s1. The van der Waals surface area contributed by atoms with Gasteiger partial charge in [0.05, 0.1) is 6.61 Å². The van der Waals surface area contributed by atoms with E-state index in [1.54, 1.807) is 0 Å². The maximum absolute atomic E-state index is 5.76. The van der Waals surface area contributed by atoms with Gasteiger partial charge in [0, 0.05) is 0 Å². The Balaban J connectivity index is 2.11. The molecule has 0 aromatic heterocycles. The summed E-state index contributed by atoms with van der Waals surface area (Å²) in [5.41, 5.74) is 2.50. The summed E-state index contributed by atoms with van der Waals surface area (Å²) in [6.07, 6.45) is 1.35. The van der Waals surface area contributed by atoms with Gasteiger partial charge in [-0.25, -0.2) is 0 Å². The van der Waals surface area contributed by atoms with Gasteiger partial charge in [-0.15, -0.1) is 0 Å². The summed E-state index contributed by atoms with van der Waals surface area (Å²) in [4.78, 5) is 0. The average Bonchev–Trinajstić information content (AvgIpc) is 2.99. The fraction of sp³-hybridized carbons (Fsp3) is 0.500. The number of epoxide rings is 1. The second-order valence-corrected chi connectivity index (χ2v) is 3.68. The molecule has 0 aliphatic carbocycles. The van der Waals surface area contributed by atoms with Crippen LogP contribution in [0.5, 0.6) is 5.75 Å². The van der Waals surface area contributed by atoms with Crippen LogP contribution in [-0.2, 0) is 11.2 Å². The topological polar surface area (TPSA) is 21.8 Å². The quantitative estimate of drug-likeness (QED) is 0.683. The molecule has 2 rings (SSSR count). The van der Waals surface area contributed by atoms with Gasteiger partial charge in [-0.3, -0.25) is 0 Å². The zero-order valence-corrected chi connectivity index (χ0v) is 8.75. The van der Waals surface area contributed by atoms with Crippen LogP contribution in [0.25, 0.3) is 0 Å². The number of aryl methyl sites for hydroxylation is 2. The van der Waals surface area contributed by atoms with E-state index in [0.717, 1.165) is 18.8 Å². The third-order valence-corrected chi connectivity index (χ3v) is 2.49. The molecule has 0 saturated carbocycles. The van der Waals surface area contributed by atoms with Crippen molar-refractivity contribution < 1.29 is 9.47 Å². The van der Waals surface area contributed by atoms with Gasteiger partial charge in [-0.05, 0) is 24.5 Å². The van der Waals surface area contributed by atoms with Gasteiger partial charge in [0.1, 0.15) is 18.5 Å². The third-order valence-electron chi connectivity index (χ3n) is 2.49. The normalized spacial score (nSPS) is 19.4. The second kappa shape index (κ2) is 4.01. The maximum Gasteiger partial charge on any atom is 0.125 e. The van der Waals surface area contributed by atoms with E-state index in [-0.39, 0.29) is 0 Å². The Morgan fingerprint density at radius 3 is 2.93 bits per heavy atom. The summed E-state index contributed by atoms with van der Waals surface area (Å²) in [5.74, 6) is 1.05. The summed E-state index contributed by atoms with van der Waals surface area (Å²) in [6.45, 7) is 5.78. The molecule has 0 unspecified atom stereocenters. The molecule has 0 amide bonds.